The highest BCUT2D eigenvalue weighted by Gasteiger charge is 2.65. The van der Waals surface area contributed by atoms with Crippen LogP contribution in [0, 0.1) is 0 Å². The topological polar surface area (TPSA) is 163 Å². The maximum Gasteiger partial charge on any atom is 0.303 e. The second-order valence-corrected chi connectivity index (χ2v) is 4.55. The Bertz CT molecular complexity index is 348. The van der Waals surface area contributed by atoms with Crippen LogP contribution < -0.4 is 5.73 Å². The summed E-state index contributed by atoms with van der Waals surface area (Å²) < 4.78 is 9.43. The number of aliphatic hydroxyl groups excluding tert-OH is 3. The van der Waals surface area contributed by atoms with Gasteiger partial charge in [0.15, 0.2) is 5.60 Å². The van der Waals surface area contributed by atoms with Crippen LogP contribution in [0.15, 0.2) is 0 Å². The Hall–Kier alpha value is -0.810. The molecule has 112 valence electrons. The van der Waals surface area contributed by atoms with Gasteiger partial charge in [0.25, 0.3) is 5.91 Å². The first-order chi connectivity index (χ1) is 8.57. The first-order valence-electron chi connectivity index (χ1n) is 5.63. The van der Waals surface area contributed by atoms with Gasteiger partial charge in [-0.15, -0.1) is 0 Å². The minimum atomic E-state index is -2.83. The lowest BCUT2D eigenvalue weighted by molar-refractivity contribution is -0.402. The molecule has 2 unspecified atom stereocenters. The van der Waals surface area contributed by atoms with Crippen molar-refractivity contribution in [3.05, 3.63) is 0 Å². The summed E-state index contributed by atoms with van der Waals surface area (Å²) in [4.78, 5) is 10.9. The smallest absolute Gasteiger partial charge is 0.303 e. The van der Waals surface area contributed by atoms with E-state index in [1.54, 1.807) is 0 Å². The molecule has 1 saturated heterocycles. The van der Waals surface area contributed by atoms with Crippen LogP contribution in [0.2, 0.25) is 0 Å². The molecule has 1 aliphatic heterocycles. The largest absolute Gasteiger partial charge is 0.459 e. The molecule has 6 atom stereocenters. The Morgan fingerprint density at radius 1 is 1.47 bits per heavy atom. The fraction of sp³-hybridized carbons (Fsp3) is 0.900. The summed E-state index contributed by atoms with van der Waals surface area (Å²) in [5.41, 5.74) is 2.70. The number of nitrogens with two attached hydrogens (primary N) is 1. The standard InChI is InChI=1S/C10H19NO8/c1-4(18-5(2)13)9(16)8(15)7(14)6(3-12)19-10(9,11)17/h4,6-8,12,14-17H,3,11H2,1-2H3/t4?,6-,7-,8+,9+,10?/m1/s1. The zero-order chi connectivity index (χ0) is 15.0. The van der Waals surface area contributed by atoms with Gasteiger partial charge < -0.3 is 35.0 Å². The highest BCUT2D eigenvalue weighted by molar-refractivity contribution is 5.66. The number of hydrogen-bond donors (Lipinski definition) is 6. The molecule has 7 N–H and O–H groups in total. The van der Waals surface area contributed by atoms with Gasteiger partial charge in [-0.25, -0.2) is 0 Å². The summed E-state index contributed by atoms with van der Waals surface area (Å²) in [6, 6.07) is 0. The summed E-state index contributed by atoms with van der Waals surface area (Å²) in [7, 11) is 0. The third-order valence-electron chi connectivity index (χ3n) is 3.20. The summed E-state index contributed by atoms with van der Waals surface area (Å²) in [5.74, 6) is -3.61. The zero-order valence-corrected chi connectivity index (χ0v) is 10.6. The van der Waals surface area contributed by atoms with E-state index in [1.165, 1.54) is 0 Å². The van der Waals surface area contributed by atoms with Crippen LogP contribution >= 0.6 is 0 Å². The molecule has 0 aromatic rings. The molecular formula is C10H19NO8. The minimum Gasteiger partial charge on any atom is -0.459 e. The van der Waals surface area contributed by atoms with Gasteiger partial charge >= 0.3 is 5.97 Å². The molecule has 9 nitrogen and oxygen atoms in total. The lowest BCUT2D eigenvalue weighted by Gasteiger charge is -2.52. The predicted octanol–water partition coefficient (Wildman–Crippen LogP) is -3.61. The molecule has 1 fully saturated rings. The molecular weight excluding hydrogens is 262 g/mol. The first kappa shape index (κ1) is 16.2. The molecule has 1 rings (SSSR count). The molecule has 1 aliphatic rings. The van der Waals surface area contributed by atoms with E-state index in [0.717, 1.165) is 13.8 Å². The van der Waals surface area contributed by atoms with Crippen molar-refractivity contribution in [2.75, 3.05) is 6.61 Å². The van der Waals surface area contributed by atoms with E-state index in [9.17, 15) is 25.2 Å². The van der Waals surface area contributed by atoms with Crippen molar-refractivity contribution in [3.8, 4) is 0 Å². The molecule has 0 bridgehead atoms. The monoisotopic (exact) mass is 281 g/mol. The van der Waals surface area contributed by atoms with Crippen LogP contribution in [0.25, 0.3) is 0 Å². The van der Waals surface area contributed by atoms with Gasteiger partial charge in [0.2, 0.25) is 0 Å². The van der Waals surface area contributed by atoms with E-state index in [0.29, 0.717) is 0 Å². The van der Waals surface area contributed by atoms with Gasteiger partial charge in [-0.05, 0) is 6.92 Å². The third kappa shape index (κ3) is 2.58. The molecule has 19 heavy (non-hydrogen) atoms. The number of rotatable bonds is 3. The van der Waals surface area contributed by atoms with Crippen LogP contribution in [-0.4, -0.2) is 74.0 Å². The molecule has 9 heteroatoms. The SMILES string of the molecule is CC(=O)OC(C)[C@]1(O)[C@@H](O)[C@H](O)[C@@H](CO)OC1(N)O. The molecule has 0 aliphatic carbocycles. The molecule has 0 amide bonds. The molecule has 0 saturated carbocycles. The summed E-state index contributed by atoms with van der Waals surface area (Å²) in [6.07, 6.45) is -6.58. The van der Waals surface area contributed by atoms with Crippen LogP contribution in [0.1, 0.15) is 13.8 Å². The number of carbonyl (C=O) groups is 1. The Labute approximate surface area is 109 Å². The highest BCUT2D eigenvalue weighted by atomic mass is 16.7. The second-order valence-electron chi connectivity index (χ2n) is 4.55. The lowest BCUT2D eigenvalue weighted by Crippen LogP contribution is -2.80. The number of esters is 1. The van der Waals surface area contributed by atoms with Gasteiger partial charge in [0.1, 0.15) is 24.4 Å². The fourth-order valence-corrected chi connectivity index (χ4v) is 2.09. The number of aliphatic hydroxyl groups is 5. The number of carbonyl (C=O) groups excluding carboxylic acids is 1. The molecule has 1 heterocycles. The summed E-state index contributed by atoms with van der Waals surface area (Å²) in [6.45, 7) is 1.48. The van der Waals surface area contributed by atoms with Crippen molar-refractivity contribution in [3.63, 3.8) is 0 Å². The van der Waals surface area contributed by atoms with E-state index < -0.39 is 48.5 Å². The van der Waals surface area contributed by atoms with E-state index >= 15 is 0 Å². The summed E-state index contributed by atoms with van der Waals surface area (Å²) in [5, 5.41) is 48.7. The zero-order valence-electron chi connectivity index (χ0n) is 10.6. The van der Waals surface area contributed by atoms with Gasteiger partial charge in [-0.2, -0.15) is 0 Å². The van der Waals surface area contributed by atoms with Crippen molar-refractivity contribution in [2.45, 2.75) is 49.8 Å². The number of ether oxygens (including phenoxy) is 2. The van der Waals surface area contributed by atoms with Crippen LogP contribution in [0.4, 0.5) is 0 Å². The van der Waals surface area contributed by atoms with Crippen LogP contribution in [0.3, 0.4) is 0 Å². The van der Waals surface area contributed by atoms with E-state index in [4.69, 9.17) is 15.6 Å². The lowest BCUT2D eigenvalue weighted by atomic mass is 9.80. The van der Waals surface area contributed by atoms with Gasteiger partial charge in [0, 0.05) is 6.92 Å². The Morgan fingerprint density at radius 3 is 2.42 bits per heavy atom. The minimum absolute atomic E-state index is 0.740. The van der Waals surface area contributed by atoms with Gasteiger partial charge in [-0.1, -0.05) is 0 Å². The maximum atomic E-state index is 10.9. The quantitative estimate of drug-likeness (QED) is 0.226. The van der Waals surface area contributed by atoms with Crippen molar-refractivity contribution in [2.24, 2.45) is 5.73 Å². The van der Waals surface area contributed by atoms with Crippen molar-refractivity contribution in [1.82, 2.24) is 0 Å². The predicted molar refractivity (Wildman–Crippen MR) is 59.3 cm³/mol. The fourth-order valence-electron chi connectivity index (χ4n) is 2.09. The van der Waals surface area contributed by atoms with Gasteiger partial charge in [0.05, 0.1) is 6.61 Å². The Balaban J connectivity index is 3.11. The van der Waals surface area contributed by atoms with E-state index in [-0.39, 0.29) is 0 Å². The highest BCUT2D eigenvalue weighted by Crippen LogP contribution is 2.37. The number of hydrogen-bond acceptors (Lipinski definition) is 9. The molecule has 0 aromatic carbocycles. The average molecular weight is 281 g/mol. The molecule has 0 aromatic heterocycles. The molecule has 0 radical (unpaired) electrons. The second kappa shape index (κ2) is 5.29. The van der Waals surface area contributed by atoms with Gasteiger partial charge in [-0.3, -0.25) is 10.5 Å². The molecule has 0 spiro atoms. The third-order valence-corrected chi connectivity index (χ3v) is 3.20. The maximum absolute atomic E-state index is 10.9. The summed E-state index contributed by atoms with van der Waals surface area (Å²) >= 11 is 0. The Morgan fingerprint density at radius 2 is 2.00 bits per heavy atom. The van der Waals surface area contributed by atoms with Crippen LogP contribution in [0.5, 0.6) is 0 Å². The average Bonchev–Trinajstić information content (AvgIpc) is 2.30. The van der Waals surface area contributed by atoms with Crippen molar-refractivity contribution < 1.29 is 39.8 Å². The van der Waals surface area contributed by atoms with Crippen molar-refractivity contribution in [1.29, 1.82) is 0 Å². The van der Waals surface area contributed by atoms with Crippen LogP contribution in [-0.2, 0) is 14.3 Å². The Kier molecular flexibility index (Phi) is 4.52. The van der Waals surface area contributed by atoms with E-state index in [2.05, 4.69) is 4.74 Å². The van der Waals surface area contributed by atoms with E-state index in [1.807, 2.05) is 0 Å². The first-order valence-corrected chi connectivity index (χ1v) is 5.63. The normalized spacial score (nSPS) is 44.7. The van der Waals surface area contributed by atoms with Crippen molar-refractivity contribution >= 4 is 5.97 Å².